The maximum Gasteiger partial charge on any atom is 0.227 e. The monoisotopic (exact) mass is 422 g/mol. The first-order valence-corrected chi connectivity index (χ1v) is 9.67. The second-order valence-corrected chi connectivity index (χ2v) is 7.45. The number of fused-ring (bicyclic) bond motifs is 1. The van der Waals surface area contributed by atoms with Crippen LogP contribution in [0.25, 0.3) is 11.1 Å². The molecule has 0 saturated heterocycles. The fourth-order valence-corrected chi connectivity index (χ4v) is 3.70. The first-order chi connectivity index (χ1) is 13.2. The third-order valence-corrected chi connectivity index (χ3v) is 5.13. The Morgan fingerprint density at radius 3 is 2.85 bits per heavy atom. The number of rotatable bonds is 3. The van der Waals surface area contributed by atoms with E-state index in [9.17, 15) is 4.79 Å². The molecule has 27 heavy (non-hydrogen) atoms. The van der Waals surface area contributed by atoms with E-state index >= 15 is 0 Å². The molecule has 0 unspecified atom stereocenters. The molecule has 0 spiro atoms. The van der Waals surface area contributed by atoms with Gasteiger partial charge in [0.2, 0.25) is 5.91 Å². The van der Waals surface area contributed by atoms with E-state index in [4.69, 9.17) is 4.74 Å². The largest absolute Gasteiger partial charge is 0.491 e. The van der Waals surface area contributed by atoms with Gasteiger partial charge in [0.05, 0.1) is 13.0 Å². The quantitative estimate of drug-likeness (QED) is 0.624. The maximum absolute atomic E-state index is 12.8. The summed E-state index contributed by atoms with van der Waals surface area (Å²) in [5.41, 5.74) is 4.16. The summed E-state index contributed by atoms with van der Waals surface area (Å²) >= 11 is 3.46. The first-order valence-electron chi connectivity index (χ1n) is 8.87. The normalized spacial score (nSPS) is 13.4. The van der Waals surface area contributed by atoms with Gasteiger partial charge in [0.1, 0.15) is 12.4 Å². The van der Waals surface area contributed by atoms with Crippen LogP contribution in [-0.2, 0) is 17.8 Å². The molecular weight excluding hydrogens is 404 g/mol. The molecule has 3 aromatic rings. The molecule has 1 amide bonds. The summed E-state index contributed by atoms with van der Waals surface area (Å²) in [7, 11) is 0. The average Bonchev–Trinajstić information content (AvgIpc) is 2.90. The van der Waals surface area contributed by atoms with Gasteiger partial charge in [-0.1, -0.05) is 40.2 Å². The number of nitrogens with zero attached hydrogens (tertiary/aromatic N) is 2. The second-order valence-electron chi connectivity index (χ2n) is 6.53. The summed E-state index contributed by atoms with van der Waals surface area (Å²) in [5, 5.41) is 0. The minimum atomic E-state index is 0.108. The Morgan fingerprint density at radius 1 is 1.11 bits per heavy atom. The number of amides is 1. The molecule has 136 valence electrons. The number of ether oxygens (including phenoxy) is 1. The number of hydrogen-bond donors (Lipinski definition) is 0. The number of aromatic nitrogens is 1. The van der Waals surface area contributed by atoms with Gasteiger partial charge in [0, 0.05) is 34.5 Å². The highest BCUT2D eigenvalue weighted by molar-refractivity contribution is 9.10. The lowest BCUT2D eigenvalue weighted by Crippen LogP contribution is -2.33. The van der Waals surface area contributed by atoms with Gasteiger partial charge >= 0.3 is 0 Å². The lowest BCUT2D eigenvalue weighted by molar-refractivity contribution is -0.131. The molecule has 2 aromatic carbocycles. The SMILES string of the molecule is O=C(Cc1cccc(Br)c1)N1CCOc2ccc(-c3cccnc3)cc2C1. The second kappa shape index (κ2) is 7.92. The van der Waals surface area contributed by atoms with Gasteiger partial charge in [-0.3, -0.25) is 9.78 Å². The highest BCUT2D eigenvalue weighted by atomic mass is 79.9. The molecule has 1 aliphatic rings. The predicted octanol–water partition coefficient (Wildman–Crippen LogP) is 4.47. The Balaban J connectivity index is 1.55. The van der Waals surface area contributed by atoms with Crippen molar-refractivity contribution in [2.24, 2.45) is 0 Å². The van der Waals surface area contributed by atoms with Gasteiger partial charge in [-0.15, -0.1) is 0 Å². The van der Waals surface area contributed by atoms with Crippen LogP contribution >= 0.6 is 15.9 Å². The zero-order chi connectivity index (χ0) is 18.6. The van der Waals surface area contributed by atoms with Crippen LogP contribution in [0.15, 0.2) is 71.5 Å². The van der Waals surface area contributed by atoms with Crippen molar-refractivity contribution in [3.05, 3.63) is 82.6 Å². The van der Waals surface area contributed by atoms with Crippen molar-refractivity contribution in [3.63, 3.8) is 0 Å². The zero-order valence-corrected chi connectivity index (χ0v) is 16.4. The molecule has 0 fully saturated rings. The smallest absolute Gasteiger partial charge is 0.227 e. The van der Waals surface area contributed by atoms with E-state index in [2.05, 4.69) is 27.0 Å². The number of carbonyl (C=O) groups is 1. The zero-order valence-electron chi connectivity index (χ0n) is 14.8. The first kappa shape index (κ1) is 17.7. The summed E-state index contributed by atoms with van der Waals surface area (Å²) in [4.78, 5) is 18.9. The van der Waals surface area contributed by atoms with E-state index in [1.54, 1.807) is 6.20 Å². The molecular formula is C22H19BrN2O2. The van der Waals surface area contributed by atoms with Gasteiger partial charge in [0.15, 0.2) is 0 Å². The molecule has 5 heteroatoms. The highest BCUT2D eigenvalue weighted by Gasteiger charge is 2.20. The summed E-state index contributed by atoms with van der Waals surface area (Å²) in [6.07, 6.45) is 3.99. The van der Waals surface area contributed by atoms with Crippen molar-refractivity contribution < 1.29 is 9.53 Å². The van der Waals surface area contributed by atoms with E-state index in [0.29, 0.717) is 26.1 Å². The Labute approximate surface area is 166 Å². The van der Waals surface area contributed by atoms with Gasteiger partial charge in [-0.2, -0.15) is 0 Å². The minimum Gasteiger partial charge on any atom is -0.491 e. The summed E-state index contributed by atoms with van der Waals surface area (Å²) in [5.74, 6) is 0.955. The highest BCUT2D eigenvalue weighted by Crippen LogP contribution is 2.29. The summed E-state index contributed by atoms with van der Waals surface area (Å²) < 4.78 is 6.86. The maximum atomic E-state index is 12.8. The van der Waals surface area contributed by atoms with E-state index in [0.717, 1.165) is 32.5 Å². The Kier molecular flexibility index (Phi) is 5.21. The van der Waals surface area contributed by atoms with Crippen molar-refractivity contribution in [1.82, 2.24) is 9.88 Å². The molecule has 2 heterocycles. The van der Waals surface area contributed by atoms with E-state index < -0.39 is 0 Å². The fourth-order valence-electron chi connectivity index (χ4n) is 3.25. The van der Waals surface area contributed by atoms with E-state index in [1.807, 2.05) is 59.6 Å². The topological polar surface area (TPSA) is 42.4 Å². The standard InChI is InChI=1S/C22H19BrN2O2/c23-20-5-1-3-16(11-20)12-22(26)25-9-10-27-21-7-6-17(13-19(21)15-25)18-4-2-8-24-14-18/h1-8,11,13-14H,9-10,12,15H2. The number of benzene rings is 2. The molecule has 0 saturated carbocycles. The number of hydrogen-bond acceptors (Lipinski definition) is 3. The number of pyridine rings is 1. The molecule has 4 rings (SSSR count). The van der Waals surface area contributed by atoms with Crippen LogP contribution in [0.1, 0.15) is 11.1 Å². The number of halogens is 1. The molecule has 0 N–H and O–H groups in total. The van der Waals surface area contributed by atoms with Crippen LogP contribution in [0.2, 0.25) is 0 Å². The molecule has 1 aliphatic heterocycles. The Bertz CT molecular complexity index is 960. The molecule has 0 bridgehead atoms. The van der Waals surface area contributed by atoms with Gasteiger partial charge < -0.3 is 9.64 Å². The summed E-state index contributed by atoms with van der Waals surface area (Å²) in [6.45, 7) is 1.64. The minimum absolute atomic E-state index is 0.108. The van der Waals surface area contributed by atoms with Crippen LogP contribution in [0.3, 0.4) is 0 Å². The lowest BCUT2D eigenvalue weighted by atomic mass is 10.0. The molecule has 1 aromatic heterocycles. The Morgan fingerprint density at radius 2 is 2.04 bits per heavy atom. The molecule has 0 aliphatic carbocycles. The van der Waals surface area contributed by atoms with Crippen molar-refractivity contribution in [2.75, 3.05) is 13.2 Å². The molecule has 0 radical (unpaired) electrons. The molecule has 4 nitrogen and oxygen atoms in total. The van der Waals surface area contributed by atoms with Crippen LogP contribution in [-0.4, -0.2) is 28.9 Å². The fraction of sp³-hybridized carbons (Fsp3) is 0.182. The predicted molar refractivity (Wildman–Crippen MR) is 108 cm³/mol. The van der Waals surface area contributed by atoms with E-state index in [-0.39, 0.29) is 5.91 Å². The van der Waals surface area contributed by atoms with Gasteiger partial charge in [-0.25, -0.2) is 0 Å². The van der Waals surface area contributed by atoms with Gasteiger partial charge in [-0.05, 0) is 41.5 Å². The third-order valence-electron chi connectivity index (χ3n) is 4.63. The van der Waals surface area contributed by atoms with Crippen molar-refractivity contribution in [3.8, 4) is 16.9 Å². The van der Waals surface area contributed by atoms with Crippen molar-refractivity contribution in [1.29, 1.82) is 0 Å². The van der Waals surface area contributed by atoms with Crippen LogP contribution < -0.4 is 4.74 Å². The average molecular weight is 423 g/mol. The lowest BCUT2D eigenvalue weighted by Gasteiger charge is -2.20. The number of carbonyl (C=O) groups excluding carboxylic acids is 1. The molecule has 0 atom stereocenters. The van der Waals surface area contributed by atoms with Crippen molar-refractivity contribution in [2.45, 2.75) is 13.0 Å². The van der Waals surface area contributed by atoms with Crippen LogP contribution in [0.4, 0.5) is 0 Å². The summed E-state index contributed by atoms with van der Waals surface area (Å²) in [6, 6.07) is 17.9. The Hall–Kier alpha value is -2.66. The van der Waals surface area contributed by atoms with Gasteiger partial charge in [0.25, 0.3) is 0 Å². The van der Waals surface area contributed by atoms with Crippen LogP contribution in [0.5, 0.6) is 5.75 Å². The van der Waals surface area contributed by atoms with Crippen molar-refractivity contribution >= 4 is 21.8 Å². The third kappa shape index (κ3) is 4.19. The van der Waals surface area contributed by atoms with E-state index in [1.165, 1.54) is 0 Å². The van der Waals surface area contributed by atoms with Crippen LogP contribution in [0, 0.1) is 0 Å².